The zero-order valence-electron chi connectivity index (χ0n) is 10.7. The molecule has 5 nitrogen and oxygen atoms in total. The number of rotatable bonds is 4. The van der Waals surface area contributed by atoms with E-state index in [0.717, 1.165) is 10.7 Å². The fourth-order valence-electron chi connectivity index (χ4n) is 1.58. The molecule has 9 heteroatoms. The fourth-order valence-corrected chi connectivity index (χ4v) is 5.19. The summed E-state index contributed by atoms with van der Waals surface area (Å²) in [6.45, 7) is 0. The summed E-state index contributed by atoms with van der Waals surface area (Å²) < 4.78 is 30.0. The number of hydrogen-bond acceptors (Lipinski definition) is 3. The third-order valence-electron chi connectivity index (χ3n) is 2.65. The van der Waals surface area contributed by atoms with Gasteiger partial charge in [0.2, 0.25) is 0 Å². The first kappa shape index (κ1) is 18.2. The average Bonchev–Trinajstić information content (AvgIpc) is 2.44. The Morgan fingerprint density at radius 3 is 1.95 bits per heavy atom. The SMILES string of the molecule is O=C(O)c1ccc(NS(=O)(=O)c2cc(I)c(I)c(I)c2)cc1. The highest BCUT2D eigenvalue weighted by atomic mass is 127. The fraction of sp³-hybridized carbons (Fsp3) is 0. The van der Waals surface area contributed by atoms with Gasteiger partial charge in [-0.25, -0.2) is 13.2 Å². The van der Waals surface area contributed by atoms with Crippen molar-refractivity contribution in [3.8, 4) is 0 Å². The van der Waals surface area contributed by atoms with Crippen LogP contribution in [0.2, 0.25) is 0 Å². The van der Waals surface area contributed by atoms with Crippen molar-refractivity contribution >= 4 is 89.5 Å². The highest BCUT2D eigenvalue weighted by Gasteiger charge is 2.17. The van der Waals surface area contributed by atoms with E-state index in [1.54, 1.807) is 12.1 Å². The van der Waals surface area contributed by atoms with Gasteiger partial charge in [0.05, 0.1) is 10.5 Å². The Hall–Kier alpha value is -0.150. The first-order chi connectivity index (χ1) is 10.2. The summed E-state index contributed by atoms with van der Waals surface area (Å²) in [5.41, 5.74) is 0.412. The highest BCUT2D eigenvalue weighted by molar-refractivity contribution is 14.1. The molecule has 0 aromatic heterocycles. The summed E-state index contributed by atoms with van der Waals surface area (Å²) in [6, 6.07) is 8.73. The van der Waals surface area contributed by atoms with Gasteiger partial charge in [0.1, 0.15) is 0 Å². The molecule has 116 valence electrons. The Kier molecular flexibility index (Phi) is 5.93. The molecule has 0 saturated heterocycles. The number of carboxylic acids is 1. The van der Waals surface area contributed by atoms with Crippen LogP contribution in [0.15, 0.2) is 41.3 Å². The van der Waals surface area contributed by atoms with E-state index in [9.17, 15) is 13.2 Å². The minimum absolute atomic E-state index is 0.0984. The molecule has 2 N–H and O–H groups in total. The van der Waals surface area contributed by atoms with Crippen LogP contribution >= 0.6 is 67.8 Å². The van der Waals surface area contributed by atoms with E-state index in [0.29, 0.717) is 5.69 Å². The lowest BCUT2D eigenvalue weighted by Crippen LogP contribution is -2.14. The third-order valence-corrected chi connectivity index (χ3v) is 8.94. The molecule has 0 fully saturated rings. The largest absolute Gasteiger partial charge is 0.478 e. The van der Waals surface area contributed by atoms with Gasteiger partial charge in [-0.2, -0.15) is 0 Å². The highest BCUT2D eigenvalue weighted by Crippen LogP contribution is 2.26. The number of sulfonamides is 1. The average molecular weight is 655 g/mol. The summed E-state index contributed by atoms with van der Waals surface area (Å²) in [7, 11) is -3.72. The first-order valence-corrected chi connectivity index (χ1v) is 10.4. The molecule has 22 heavy (non-hydrogen) atoms. The number of carboxylic acid groups (broad SMARTS) is 1. The Labute approximate surface area is 168 Å². The molecule has 0 unspecified atom stereocenters. The minimum Gasteiger partial charge on any atom is -0.478 e. The zero-order valence-corrected chi connectivity index (χ0v) is 18.0. The molecule has 0 radical (unpaired) electrons. The Balaban J connectivity index is 2.33. The van der Waals surface area contributed by atoms with Crippen LogP contribution in [0.1, 0.15) is 10.4 Å². The van der Waals surface area contributed by atoms with E-state index in [1.165, 1.54) is 24.3 Å². The number of nitrogens with one attached hydrogen (secondary N) is 1. The first-order valence-electron chi connectivity index (χ1n) is 5.71. The lowest BCUT2D eigenvalue weighted by Gasteiger charge is -2.10. The predicted molar refractivity (Wildman–Crippen MR) is 109 cm³/mol. The molecule has 0 atom stereocenters. The number of halogens is 3. The van der Waals surface area contributed by atoms with E-state index in [-0.39, 0.29) is 10.5 Å². The van der Waals surface area contributed by atoms with Gasteiger partial charge < -0.3 is 5.11 Å². The number of hydrogen-bond donors (Lipinski definition) is 2. The van der Waals surface area contributed by atoms with Crippen molar-refractivity contribution in [3.05, 3.63) is 52.7 Å². The molecule has 2 aromatic carbocycles. The molecule has 0 aliphatic rings. The van der Waals surface area contributed by atoms with Gasteiger partial charge in [0.15, 0.2) is 0 Å². The second kappa shape index (κ2) is 7.17. The van der Waals surface area contributed by atoms with Gasteiger partial charge in [0.25, 0.3) is 10.0 Å². The summed E-state index contributed by atoms with van der Waals surface area (Å²) >= 11 is 6.34. The van der Waals surface area contributed by atoms with Crippen molar-refractivity contribution in [1.82, 2.24) is 0 Å². The topological polar surface area (TPSA) is 83.5 Å². The number of carbonyl (C=O) groups is 1. The molecule has 0 aliphatic carbocycles. The van der Waals surface area contributed by atoms with Gasteiger partial charge in [0, 0.05) is 16.4 Å². The second-order valence-electron chi connectivity index (χ2n) is 4.19. The Morgan fingerprint density at radius 1 is 1.00 bits per heavy atom. The second-order valence-corrected chi connectivity index (χ2v) is 9.27. The molecular weight excluding hydrogens is 647 g/mol. The third kappa shape index (κ3) is 4.23. The van der Waals surface area contributed by atoms with Crippen LogP contribution in [-0.2, 0) is 10.0 Å². The monoisotopic (exact) mass is 655 g/mol. The van der Waals surface area contributed by atoms with Crippen LogP contribution in [0, 0.1) is 10.7 Å². The van der Waals surface area contributed by atoms with Crippen molar-refractivity contribution in [2.75, 3.05) is 4.72 Å². The summed E-state index contributed by atoms with van der Waals surface area (Å²) in [6.07, 6.45) is 0. The van der Waals surface area contributed by atoms with E-state index < -0.39 is 16.0 Å². The van der Waals surface area contributed by atoms with Crippen molar-refractivity contribution in [2.24, 2.45) is 0 Å². The van der Waals surface area contributed by atoms with Crippen molar-refractivity contribution in [2.45, 2.75) is 4.90 Å². The molecule has 2 aromatic rings. The normalized spacial score (nSPS) is 11.2. The van der Waals surface area contributed by atoms with E-state index in [2.05, 4.69) is 72.5 Å². The predicted octanol–water partition coefficient (Wildman–Crippen LogP) is 4.00. The molecule has 0 aliphatic heterocycles. The number of anilines is 1. The van der Waals surface area contributed by atoms with Gasteiger partial charge >= 0.3 is 5.97 Å². The summed E-state index contributed by atoms with van der Waals surface area (Å²) in [5, 5.41) is 8.83. The molecule has 0 amide bonds. The van der Waals surface area contributed by atoms with Gasteiger partial charge in [-0.3, -0.25) is 4.72 Å². The zero-order chi connectivity index (χ0) is 16.5. The summed E-state index contributed by atoms with van der Waals surface area (Å²) in [4.78, 5) is 11.0. The maximum absolute atomic E-state index is 12.4. The van der Waals surface area contributed by atoms with Crippen LogP contribution in [0.4, 0.5) is 5.69 Å². The van der Waals surface area contributed by atoms with Crippen LogP contribution < -0.4 is 4.72 Å². The number of benzene rings is 2. The van der Waals surface area contributed by atoms with Gasteiger partial charge in [-0.1, -0.05) is 0 Å². The molecule has 2 rings (SSSR count). The lowest BCUT2D eigenvalue weighted by atomic mass is 10.2. The molecule has 0 bridgehead atoms. The van der Waals surface area contributed by atoms with Crippen molar-refractivity contribution in [1.29, 1.82) is 0 Å². The van der Waals surface area contributed by atoms with Crippen LogP contribution in [0.3, 0.4) is 0 Å². The maximum atomic E-state index is 12.4. The molecule has 0 spiro atoms. The Bertz CT molecular complexity index is 812. The van der Waals surface area contributed by atoms with Crippen molar-refractivity contribution < 1.29 is 18.3 Å². The minimum atomic E-state index is -3.72. The van der Waals surface area contributed by atoms with Crippen LogP contribution in [0.25, 0.3) is 0 Å². The van der Waals surface area contributed by atoms with E-state index in [1.807, 2.05) is 0 Å². The quantitative estimate of drug-likeness (QED) is 0.386. The number of aromatic carboxylic acids is 1. The molecule has 0 heterocycles. The maximum Gasteiger partial charge on any atom is 0.335 e. The van der Waals surface area contributed by atoms with Crippen LogP contribution in [0.5, 0.6) is 0 Å². The van der Waals surface area contributed by atoms with Crippen LogP contribution in [-0.4, -0.2) is 19.5 Å². The summed E-state index contributed by atoms with van der Waals surface area (Å²) in [5.74, 6) is -1.06. The smallest absolute Gasteiger partial charge is 0.335 e. The molecular formula is C13H8I3NO4S. The molecule has 0 saturated carbocycles. The standard InChI is InChI=1S/C13H8I3NO4S/c14-10-5-9(6-11(15)12(10)16)22(20,21)17-8-3-1-7(2-4-8)13(18)19/h1-6,17H,(H,18,19). The van der Waals surface area contributed by atoms with Gasteiger partial charge in [-0.15, -0.1) is 0 Å². The lowest BCUT2D eigenvalue weighted by molar-refractivity contribution is 0.0697. The van der Waals surface area contributed by atoms with E-state index in [4.69, 9.17) is 5.11 Å². The van der Waals surface area contributed by atoms with Crippen molar-refractivity contribution in [3.63, 3.8) is 0 Å². The van der Waals surface area contributed by atoms with Gasteiger partial charge in [-0.05, 0) is 104 Å². The van der Waals surface area contributed by atoms with E-state index >= 15 is 0 Å². The Morgan fingerprint density at radius 2 is 1.50 bits per heavy atom.